The smallest absolute Gasteiger partial charge is 0.0785 e. The van der Waals surface area contributed by atoms with Crippen LogP contribution in [0.2, 0.25) is 0 Å². The van der Waals surface area contributed by atoms with Crippen LogP contribution in [0.4, 0.5) is 0 Å². The fourth-order valence-electron chi connectivity index (χ4n) is 1.14. The summed E-state index contributed by atoms with van der Waals surface area (Å²) < 4.78 is 0. The van der Waals surface area contributed by atoms with Gasteiger partial charge >= 0.3 is 0 Å². The van der Waals surface area contributed by atoms with Crippen LogP contribution in [0.25, 0.3) is 0 Å². The predicted octanol–water partition coefficient (Wildman–Crippen LogP) is 3.06. The third kappa shape index (κ3) is 2.59. The molecule has 0 amide bonds. The van der Waals surface area contributed by atoms with Gasteiger partial charge in [0.2, 0.25) is 0 Å². The van der Waals surface area contributed by atoms with E-state index in [9.17, 15) is 0 Å². The first-order chi connectivity index (χ1) is 5.24. The number of hydrogen-bond donors (Lipinski definition) is 0. The summed E-state index contributed by atoms with van der Waals surface area (Å²) >= 11 is 0. The number of rotatable bonds is 5. The fraction of sp³-hybridized carbons (Fsp3) is 0.500. The van der Waals surface area contributed by atoms with E-state index in [1.807, 2.05) is 0 Å². The van der Waals surface area contributed by atoms with Crippen molar-refractivity contribution in [2.75, 3.05) is 0 Å². The van der Waals surface area contributed by atoms with Gasteiger partial charge in [-0.3, -0.25) is 0 Å². The van der Waals surface area contributed by atoms with E-state index in [-0.39, 0.29) is 5.41 Å². The average molecular weight is 149 g/mol. The summed E-state index contributed by atoms with van der Waals surface area (Å²) in [6.07, 6.45) is 6.10. The lowest BCUT2D eigenvalue weighted by Crippen LogP contribution is -2.13. The highest BCUT2D eigenvalue weighted by atomic mass is 14.3. The van der Waals surface area contributed by atoms with E-state index < -0.39 is 0 Å². The van der Waals surface area contributed by atoms with Crippen molar-refractivity contribution in [3.8, 4) is 6.07 Å². The second kappa shape index (κ2) is 4.73. The highest BCUT2D eigenvalue weighted by Gasteiger charge is 2.22. The Bertz CT molecular complexity index is 176. The third-order valence-electron chi connectivity index (χ3n) is 1.82. The molecule has 0 heterocycles. The highest BCUT2D eigenvalue weighted by Crippen LogP contribution is 2.28. The van der Waals surface area contributed by atoms with Gasteiger partial charge in [-0.25, -0.2) is 0 Å². The largest absolute Gasteiger partial charge is 0.197 e. The lowest BCUT2D eigenvalue weighted by molar-refractivity contribution is 0.464. The monoisotopic (exact) mass is 149 g/mol. The lowest BCUT2D eigenvalue weighted by atomic mass is 9.82. The van der Waals surface area contributed by atoms with E-state index in [1.54, 1.807) is 12.2 Å². The standard InChI is InChI=1S/C10H15N/c1-4-7-10(6-3,9-11)8-5-2/h4,6H,1,3,5,7-8H2,2H3. The van der Waals surface area contributed by atoms with Crippen LogP contribution in [-0.2, 0) is 0 Å². The molecule has 0 spiro atoms. The minimum atomic E-state index is -0.365. The van der Waals surface area contributed by atoms with Gasteiger partial charge in [-0.2, -0.15) is 5.26 Å². The molecule has 0 bridgehead atoms. The van der Waals surface area contributed by atoms with Gasteiger partial charge in [-0.15, -0.1) is 13.2 Å². The molecule has 0 aliphatic rings. The molecule has 0 saturated carbocycles. The summed E-state index contributed by atoms with van der Waals surface area (Å²) in [5.41, 5.74) is -0.365. The molecule has 0 aromatic heterocycles. The van der Waals surface area contributed by atoms with E-state index in [1.165, 1.54) is 0 Å². The summed E-state index contributed by atoms with van der Waals surface area (Å²) in [5.74, 6) is 0. The molecule has 1 atom stereocenters. The van der Waals surface area contributed by atoms with Gasteiger partial charge in [-0.05, 0) is 12.8 Å². The van der Waals surface area contributed by atoms with Gasteiger partial charge in [0.25, 0.3) is 0 Å². The molecule has 0 aromatic carbocycles. The molecule has 0 aliphatic carbocycles. The molecule has 1 heteroatoms. The Labute approximate surface area is 69.0 Å². The van der Waals surface area contributed by atoms with E-state index >= 15 is 0 Å². The molecule has 1 nitrogen and oxygen atoms in total. The van der Waals surface area contributed by atoms with Crippen LogP contribution >= 0.6 is 0 Å². The van der Waals surface area contributed by atoms with Gasteiger partial charge in [0, 0.05) is 0 Å². The van der Waals surface area contributed by atoms with Crippen molar-refractivity contribution >= 4 is 0 Å². The average Bonchev–Trinajstić information content (AvgIpc) is 2.04. The fourth-order valence-corrected chi connectivity index (χ4v) is 1.14. The molecule has 11 heavy (non-hydrogen) atoms. The quantitative estimate of drug-likeness (QED) is 0.551. The number of allylic oxidation sites excluding steroid dienone is 2. The zero-order chi connectivity index (χ0) is 8.74. The third-order valence-corrected chi connectivity index (χ3v) is 1.82. The van der Waals surface area contributed by atoms with Crippen LogP contribution in [0.1, 0.15) is 26.2 Å². The van der Waals surface area contributed by atoms with Gasteiger partial charge in [0.1, 0.15) is 0 Å². The van der Waals surface area contributed by atoms with Crippen molar-refractivity contribution in [2.24, 2.45) is 5.41 Å². The van der Waals surface area contributed by atoms with Crippen molar-refractivity contribution in [2.45, 2.75) is 26.2 Å². The Morgan fingerprint density at radius 3 is 2.45 bits per heavy atom. The van der Waals surface area contributed by atoms with Gasteiger partial charge < -0.3 is 0 Å². The molecule has 0 aromatic rings. The van der Waals surface area contributed by atoms with Crippen molar-refractivity contribution in [1.82, 2.24) is 0 Å². The Morgan fingerprint density at radius 1 is 1.55 bits per heavy atom. The van der Waals surface area contributed by atoms with Crippen molar-refractivity contribution < 1.29 is 0 Å². The van der Waals surface area contributed by atoms with Crippen LogP contribution in [-0.4, -0.2) is 0 Å². The minimum absolute atomic E-state index is 0.365. The number of hydrogen-bond acceptors (Lipinski definition) is 1. The van der Waals surface area contributed by atoms with Crippen molar-refractivity contribution in [1.29, 1.82) is 5.26 Å². The first-order valence-electron chi connectivity index (χ1n) is 3.90. The molecule has 0 radical (unpaired) electrons. The molecule has 60 valence electrons. The maximum atomic E-state index is 8.87. The zero-order valence-corrected chi connectivity index (χ0v) is 7.14. The predicted molar refractivity (Wildman–Crippen MR) is 48.0 cm³/mol. The van der Waals surface area contributed by atoms with Crippen LogP contribution < -0.4 is 0 Å². The van der Waals surface area contributed by atoms with E-state index in [0.29, 0.717) is 6.42 Å². The maximum absolute atomic E-state index is 8.87. The first kappa shape index (κ1) is 9.97. The second-order valence-corrected chi connectivity index (χ2v) is 2.71. The van der Waals surface area contributed by atoms with Gasteiger partial charge in [-0.1, -0.05) is 25.5 Å². The van der Waals surface area contributed by atoms with Gasteiger partial charge in [0.15, 0.2) is 0 Å². The molecular weight excluding hydrogens is 134 g/mol. The van der Waals surface area contributed by atoms with Crippen molar-refractivity contribution in [3.63, 3.8) is 0 Å². The number of nitriles is 1. The van der Waals surface area contributed by atoms with Crippen LogP contribution in [0.5, 0.6) is 0 Å². The van der Waals surface area contributed by atoms with Crippen LogP contribution in [0, 0.1) is 16.7 Å². The Balaban J connectivity index is 4.34. The Kier molecular flexibility index (Phi) is 4.29. The first-order valence-corrected chi connectivity index (χ1v) is 3.90. The second-order valence-electron chi connectivity index (χ2n) is 2.71. The SMILES string of the molecule is C=CCC(C#N)(C=C)CCC. The van der Waals surface area contributed by atoms with Gasteiger partial charge in [0.05, 0.1) is 11.5 Å². The summed E-state index contributed by atoms with van der Waals surface area (Å²) in [6.45, 7) is 9.36. The van der Waals surface area contributed by atoms with Crippen LogP contribution in [0.15, 0.2) is 25.3 Å². The summed E-state index contributed by atoms with van der Waals surface area (Å²) in [7, 11) is 0. The minimum Gasteiger partial charge on any atom is -0.197 e. The van der Waals surface area contributed by atoms with Crippen LogP contribution in [0.3, 0.4) is 0 Å². The molecule has 0 saturated heterocycles. The zero-order valence-electron chi connectivity index (χ0n) is 7.14. The lowest BCUT2D eigenvalue weighted by Gasteiger charge is -2.19. The molecule has 1 unspecified atom stereocenters. The van der Waals surface area contributed by atoms with E-state index in [2.05, 4.69) is 26.2 Å². The Hall–Kier alpha value is -1.03. The van der Waals surface area contributed by atoms with E-state index in [0.717, 1.165) is 12.8 Å². The molecule has 0 N–H and O–H groups in total. The highest BCUT2D eigenvalue weighted by molar-refractivity contribution is 5.12. The Morgan fingerprint density at radius 2 is 2.18 bits per heavy atom. The van der Waals surface area contributed by atoms with Crippen molar-refractivity contribution in [3.05, 3.63) is 25.3 Å². The summed E-state index contributed by atoms with van der Waals surface area (Å²) in [5, 5.41) is 8.87. The number of nitrogens with zero attached hydrogens (tertiary/aromatic N) is 1. The molecular formula is C10H15N. The molecule has 0 fully saturated rings. The maximum Gasteiger partial charge on any atom is 0.0785 e. The summed E-state index contributed by atoms with van der Waals surface area (Å²) in [6, 6.07) is 2.28. The topological polar surface area (TPSA) is 23.8 Å². The normalized spacial score (nSPS) is 14.5. The summed E-state index contributed by atoms with van der Waals surface area (Å²) in [4.78, 5) is 0. The molecule has 0 aliphatic heterocycles. The van der Waals surface area contributed by atoms with E-state index in [4.69, 9.17) is 5.26 Å². The molecule has 0 rings (SSSR count).